The maximum Gasteiger partial charge on any atom is 0.322 e. The van der Waals surface area contributed by atoms with E-state index < -0.39 is 9.84 Å². The first kappa shape index (κ1) is 22.0. The summed E-state index contributed by atoms with van der Waals surface area (Å²) < 4.78 is 28.5. The number of amides is 1. The van der Waals surface area contributed by atoms with Gasteiger partial charge in [0, 0.05) is 16.4 Å². The fraction of sp³-hybridized carbons (Fsp3) is 0.286. The van der Waals surface area contributed by atoms with Gasteiger partial charge in [-0.3, -0.25) is 10.1 Å². The van der Waals surface area contributed by atoms with E-state index in [1.165, 1.54) is 17.0 Å². The second-order valence-corrected chi connectivity index (χ2v) is 10.8. The maximum absolute atomic E-state index is 12.2. The van der Waals surface area contributed by atoms with Gasteiger partial charge in [0.15, 0.2) is 9.84 Å². The smallest absolute Gasteiger partial charge is 0.322 e. The van der Waals surface area contributed by atoms with Crippen LogP contribution < -0.4 is 5.32 Å². The summed E-state index contributed by atoms with van der Waals surface area (Å²) in [6, 6.07) is 14.4. The summed E-state index contributed by atoms with van der Waals surface area (Å²) in [6.07, 6.45) is 1.68. The number of thioether (sulfide) groups is 1. The van der Waals surface area contributed by atoms with E-state index in [-0.39, 0.29) is 23.2 Å². The predicted molar refractivity (Wildman–Crippen MR) is 116 cm³/mol. The first-order chi connectivity index (χ1) is 14.2. The van der Waals surface area contributed by atoms with Gasteiger partial charge in [0.05, 0.1) is 17.7 Å². The lowest BCUT2D eigenvalue weighted by atomic mass is 10.1. The highest BCUT2D eigenvalue weighted by atomic mass is 32.2. The van der Waals surface area contributed by atoms with Gasteiger partial charge in [-0.1, -0.05) is 43.2 Å². The van der Waals surface area contributed by atoms with Crippen LogP contribution in [0, 0.1) is 0 Å². The average molecular weight is 446 g/mol. The van der Waals surface area contributed by atoms with E-state index >= 15 is 0 Å². The summed E-state index contributed by atoms with van der Waals surface area (Å²) in [7, 11) is -3.26. The Morgan fingerprint density at radius 1 is 1.03 bits per heavy atom. The Morgan fingerprint density at radius 2 is 1.67 bits per heavy atom. The highest BCUT2D eigenvalue weighted by Crippen LogP contribution is 2.23. The molecule has 1 heterocycles. The second kappa shape index (κ2) is 9.44. The van der Waals surface area contributed by atoms with E-state index in [1.807, 2.05) is 12.1 Å². The monoisotopic (exact) mass is 445 g/mol. The Bertz CT molecular complexity index is 1110. The lowest BCUT2D eigenvalue weighted by molar-refractivity contribution is -0.115. The highest BCUT2D eigenvalue weighted by molar-refractivity contribution is 7.99. The normalized spacial score (nSPS) is 11.6. The van der Waals surface area contributed by atoms with Crippen LogP contribution in [-0.2, 0) is 27.5 Å². The molecular weight excluding hydrogens is 422 g/mol. The van der Waals surface area contributed by atoms with Gasteiger partial charge in [-0.2, -0.15) is 0 Å². The molecule has 9 heteroatoms. The molecule has 0 saturated carbocycles. The number of carbonyl (C=O) groups is 1. The van der Waals surface area contributed by atoms with E-state index in [9.17, 15) is 13.2 Å². The fourth-order valence-corrected chi connectivity index (χ4v) is 4.18. The zero-order valence-corrected chi connectivity index (χ0v) is 18.6. The van der Waals surface area contributed by atoms with Crippen LogP contribution in [0.1, 0.15) is 30.9 Å². The van der Waals surface area contributed by atoms with E-state index in [2.05, 4.69) is 41.5 Å². The number of hydrogen-bond donors (Lipinski definition) is 1. The Hall–Kier alpha value is -2.65. The number of carbonyl (C=O) groups excluding carboxylic acids is 1. The topological polar surface area (TPSA) is 102 Å². The zero-order valence-electron chi connectivity index (χ0n) is 17.0. The Morgan fingerprint density at radius 3 is 2.27 bits per heavy atom. The number of benzene rings is 2. The van der Waals surface area contributed by atoms with Crippen molar-refractivity contribution in [1.29, 1.82) is 0 Å². The largest absolute Gasteiger partial charge is 0.407 e. The summed E-state index contributed by atoms with van der Waals surface area (Å²) in [4.78, 5) is 13.6. The van der Waals surface area contributed by atoms with Gasteiger partial charge in [-0.05, 0) is 35.4 Å². The molecule has 0 saturated heterocycles. The molecule has 7 nitrogen and oxygen atoms in total. The van der Waals surface area contributed by atoms with Crippen LogP contribution in [0.4, 0.5) is 6.01 Å². The quantitative estimate of drug-likeness (QED) is 0.527. The number of nitrogens with one attached hydrogen (secondary N) is 1. The first-order valence-electron chi connectivity index (χ1n) is 9.36. The third-order valence-corrected chi connectivity index (χ3v) is 6.22. The molecule has 30 heavy (non-hydrogen) atoms. The van der Waals surface area contributed by atoms with Crippen molar-refractivity contribution in [2.75, 3.05) is 11.6 Å². The lowest BCUT2D eigenvalue weighted by Gasteiger charge is -2.05. The number of rotatable bonds is 8. The minimum atomic E-state index is -3.26. The van der Waals surface area contributed by atoms with Gasteiger partial charge < -0.3 is 4.42 Å². The van der Waals surface area contributed by atoms with E-state index in [0.29, 0.717) is 23.1 Å². The van der Waals surface area contributed by atoms with Crippen LogP contribution in [0.3, 0.4) is 0 Å². The molecule has 0 atom stereocenters. The van der Waals surface area contributed by atoms with E-state index in [1.54, 1.807) is 23.9 Å². The van der Waals surface area contributed by atoms with Crippen molar-refractivity contribution >= 4 is 33.5 Å². The molecule has 0 fully saturated rings. The maximum atomic E-state index is 12.2. The molecule has 158 valence electrons. The van der Waals surface area contributed by atoms with Crippen LogP contribution in [0.2, 0.25) is 0 Å². The van der Waals surface area contributed by atoms with Crippen molar-refractivity contribution in [2.45, 2.75) is 41.7 Å². The molecule has 1 amide bonds. The third kappa shape index (κ3) is 6.43. The van der Waals surface area contributed by atoms with Gasteiger partial charge in [-0.15, -0.1) is 16.9 Å². The number of hydrogen-bond acceptors (Lipinski definition) is 7. The van der Waals surface area contributed by atoms with Gasteiger partial charge in [0.2, 0.25) is 11.8 Å². The zero-order chi connectivity index (χ0) is 21.7. The molecule has 1 aromatic heterocycles. The third-order valence-electron chi connectivity index (χ3n) is 4.08. The number of anilines is 1. The Balaban J connectivity index is 1.55. The standard InChI is InChI=1S/C21H23N3O4S2/c1-14(2)29-17-8-4-16(5-9-17)13-20-23-24-21(28-20)22-19(25)12-15-6-10-18(11-7-15)30(3,26)27/h4-11,14H,12-13H2,1-3H3,(H,22,24,25). The van der Waals surface area contributed by atoms with Crippen LogP contribution in [0.25, 0.3) is 0 Å². The summed E-state index contributed by atoms with van der Waals surface area (Å²) in [5.74, 6) is 0.0828. The van der Waals surface area contributed by atoms with Crippen molar-refractivity contribution < 1.29 is 17.6 Å². The molecule has 1 N–H and O–H groups in total. The van der Waals surface area contributed by atoms with Gasteiger partial charge >= 0.3 is 6.01 Å². The van der Waals surface area contributed by atoms with Crippen molar-refractivity contribution in [1.82, 2.24) is 10.2 Å². The summed E-state index contributed by atoms with van der Waals surface area (Å²) in [6.45, 7) is 4.30. The average Bonchev–Trinajstić information content (AvgIpc) is 3.09. The van der Waals surface area contributed by atoms with E-state index in [4.69, 9.17) is 4.42 Å². The van der Waals surface area contributed by atoms with Crippen molar-refractivity contribution in [3.63, 3.8) is 0 Å². The molecule has 0 bridgehead atoms. The van der Waals surface area contributed by atoms with Crippen LogP contribution in [0.5, 0.6) is 0 Å². The van der Waals surface area contributed by atoms with Crippen molar-refractivity contribution in [3.05, 3.63) is 65.5 Å². The van der Waals surface area contributed by atoms with Gasteiger partial charge in [0.1, 0.15) is 0 Å². The van der Waals surface area contributed by atoms with Gasteiger partial charge in [-0.25, -0.2) is 8.42 Å². The van der Waals surface area contributed by atoms with Crippen molar-refractivity contribution in [3.8, 4) is 0 Å². The molecule has 3 aromatic rings. The molecule has 0 aliphatic heterocycles. The Labute approximate surface area is 180 Å². The fourth-order valence-electron chi connectivity index (χ4n) is 2.71. The summed E-state index contributed by atoms with van der Waals surface area (Å²) >= 11 is 1.80. The van der Waals surface area contributed by atoms with Crippen molar-refractivity contribution in [2.24, 2.45) is 0 Å². The first-order valence-corrected chi connectivity index (χ1v) is 12.1. The highest BCUT2D eigenvalue weighted by Gasteiger charge is 2.12. The number of aromatic nitrogens is 2. The SMILES string of the molecule is CC(C)Sc1ccc(Cc2nnc(NC(=O)Cc3ccc(S(C)(=O)=O)cc3)o2)cc1. The molecule has 0 radical (unpaired) electrons. The molecule has 0 aliphatic rings. The minimum absolute atomic E-state index is 0.0368. The van der Waals surface area contributed by atoms with Crippen LogP contribution in [0.15, 0.2) is 62.7 Å². The molecule has 2 aromatic carbocycles. The number of sulfone groups is 1. The second-order valence-electron chi connectivity index (χ2n) is 7.13. The Kier molecular flexibility index (Phi) is 6.94. The van der Waals surface area contributed by atoms with Crippen LogP contribution >= 0.6 is 11.8 Å². The summed E-state index contributed by atoms with van der Waals surface area (Å²) in [5.41, 5.74) is 1.72. The molecule has 0 spiro atoms. The predicted octanol–water partition coefficient (Wildman–Crippen LogP) is 3.75. The molecule has 0 aliphatic carbocycles. The lowest BCUT2D eigenvalue weighted by Crippen LogP contribution is -2.14. The van der Waals surface area contributed by atoms with Gasteiger partial charge in [0.25, 0.3) is 0 Å². The number of nitrogens with zero attached hydrogens (tertiary/aromatic N) is 2. The minimum Gasteiger partial charge on any atom is -0.407 e. The molecule has 0 unspecified atom stereocenters. The molecule has 3 rings (SSSR count). The molecular formula is C21H23N3O4S2. The summed E-state index contributed by atoms with van der Waals surface area (Å²) in [5, 5.41) is 10.9. The van der Waals surface area contributed by atoms with Crippen LogP contribution in [-0.4, -0.2) is 36.0 Å². The van der Waals surface area contributed by atoms with E-state index in [0.717, 1.165) is 11.8 Å².